The maximum absolute atomic E-state index is 11.9. The average Bonchev–Trinajstić information content (AvgIpc) is 2.49. The minimum Gasteiger partial charge on any atom is -0.483 e. The standard InChI is InChI=1S/C19H30N2O3/c1-6-7-17(22)20-10-11-21-18(23)13-24-16-9-8-14(2)12-15(16)19(3,4)5/h8-9,12H,6-7,10-11,13H2,1-5H3,(H,20,22)(H,21,23). The normalized spacial score (nSPS) is 11.0. The topological polar surface area (TPSA) is 67.4 Å². The van der Waals surface area contributed by atoms with Gasteiger partial charge in [-0.3, -0.25) is 9.59 Å². The minimum absolute atomic E-state index is 0.0115. The number of rotatable bonds is 8. The van der Waals surface area contributed by atoms with Crippen molar-refractivity contribution < 1.29 is 14.3 Å². The summed E-state index contributed by atoms with van der Waals surface area (Å²) in [4.78, 5) is 23.2. The van der Waals surface area contributed by atoms with Gasteiger partial charge in [-0.25, -0.2) is 0 Å². The number of aryl methyl sites for hydroxylation is 1. The summed E-state index contributed by atoms with van der Waals surface area (Å²) in [6.45, 7) is 11.2. The number of carbonyl (C=O) groups excluding carboxylic acids is 2. The van der Waals surface area contributed by atoms with E-state index in [-0.39, 0.29) is 23.8 Å². The van der Waals surface area contributed by atoms with Gasteiger partial charge in [-0.1, -0.05) is 45.4 Å². The van der Waals surface area contributed by atoms with Gasteiger partial charge in [0.05, 0.1) is 0 Å². The molecular weight excluding hydrogens is 304 g/mol. The van der Waals surface area contributed by atoms with E-state index in [0.29, 0.717) is 19.5 Å². The van der Waals surface area contributed by atoms with Crippen molar-refractivity contribution in [3.8, 4) is 5.75 Å². The quantitative estimate of drug-likeness (QED) is 0.718. The molecule has 0 atom stereocenters. The molecule has 1 aromatic rings. The molecule has 0 aliphatic heterocycles. The molecule has 1 aromatic carbocycles. The van der Waals surface area contributed by atoms with E-state index in [1.165, 1.54) is 5.56 Å². The lowest BCUT2D eigenvalue weighted by atomic mass is 9.85. The molecule has 134 valence electrons. The molecule has 5 heteroatoms. The Morgan fingerprint density at radius 3 is 2.29 bits per heavy atom. The molecule has 2 N–H and O–H groups in total. The Hall–Kier alpha value is -2.04. The molecule has 0 spiro atoms. The van der Waals surface area contributed by atoms with E-state index in [1.807, 2.05) is 26.0 Å². The van der Waals surface area contributed by atoms with E-state index < -0.39 is 0 Å². The summed E-state index contributed by atoms with van der Waals surface area (Å²) in [5, 5.41) is 5.49. The fraction of sp³-hybridized carbons (Fsp3) is 0.579. The van der Waals surface area contributed by atoms with Gasteiger partial charge in [0.2, 0.25) is 5.91 Å². The molecule has 5 nitrogen and oxygen atoms in total. The number of ether oxygens (including phenoxy) is 1. The summed E-state index contributed by atoms with van der Waals surface area (Å²) >= 11 is 0. The minimum atomic E-state index is -0.194. The van der Waals surface area contributed by atoms with Crippen LogP contribution in [-0.4, -0.2) is 31.5 Å². The second-order valence-corrected chi connectivity index (χ2v) is 6.99. The molecule has 0 saturated heterocycles. The van der Waals surface area contributed by atoms with Crippen molar-refractivity contribution in [2.24, 2.45) is 0 Å². The van der Waals surface area contributed by atoms with Crippen molar-refractivity contribution in [1.82, 2.24) is 10.6 Å². The third kappa shape index (κ3) is 7.02. The number of carbonyl (C=O) groups is 2. The highest BCUT2D eigenvalue weighted by atomic mass is 16.5. The molecule has 0 radical (unpaired) electrons. The summed E-state index contributed by atoms with van der Waals surface area (Å²) in [6, 6.07) is 5.98. The lowest BCUT2D eigenvalue weighted by Gasteiger charge is -2.23. The second-order valence-electron chi connectivity index (χ2n) is 6.99. The van der Waals surface area contributed by atoms with Crippen LogP contribution in [0.2, 0.25) is 0 Å². The number of hydrogen-bond donors (Lipinski definition) is 2. The van der Waals surface area contributed by atoms with Gasteiger partial charge in [-0.05, 0) is 30.4 Å². The largest absolute Gasteiger partial charge is 0.483 e. The van der Waals surface area contributed by atoms with E-state index in [9.17, 15) is 9.59 Å². The Kier molecular flexibility index (Phi) is 7.75. The highest BCUT2D eigenvalue weighted by Crippen LogP contribution is 2.32. The smallest absolute Gasteiger partial charge is 0.258 e. The van der Waals surface area contributed by atoms with Crippen LogP contribution in [0.15, 0.2) is 18.2 Å². The summed E-state index contributed by atoms with van der Waals surface area (Å²) in [6.07, 6.45) is 1.33. The van der Waals surface area contributed by atoms with Crippen LogP contribution in [0.3, 0.4) is 0 Å². The van der Waals surface area contributed by atoms with Crippen LogP contribution in [-0.2, 0) is 15.0 Å². The van der Waals surface area contributed by atoms with E-state index >= 15 is 0 Å². The lowest BCUT2D eigenvalue weighted by Crippen LogP contribution is -2.36. The summed E-state index contributed by atoms with van der Waals surface area (Å²) < 4.78 is 5.70. The Labute approximate surface area is 145 Å². The highest BCUT2D eigenvalue weighted by molar-refractivity contribution is 5.78. The molecule has 0 unspecified atom stereocenters. The summed E-state index contributed by atoms with van der Waals surface area (Å²) in [5.41, 5.74) is 2.20. The first kappa shape index (κ1) is 20.0. The van der Waals surface area contributed by atoms with Gasteiger partial charge in [-0.15, -0.1) is 0 Å². The first-order chi connectivity index (χ1) is 11.2. The molecule has 1 rings (SSSR count). The van der Waals surface area contributed by atoms with Crippen molar-refractivity contribution in [1.29, 1.82) is 0 Å². The van der Waals surface area contributed by atoms with Crippen molar-refractivity contribution >= 4 is 11.8 Å². The van der Waals surface area contributed by atoms with Gasteiger partial charge in [0.15, 0.2) is 6.61 Å². The molecule has 24 heavy (non-hydrogen) atoms. The Morgan fingerprint density at radius 2 is 1.71 bits per heavy atom. The number of hydrogen-bond acceptors (Lipinski definition) is 3. The van der Waals surface area contributed by atoms with E-state index in [1.54, 1.807) is 0 Å². The fourth-order valence-electron chi connectivity index (χ4n) is 2.27. The Balaban J connectivity index is 2.44. The second kappa shape index (κ2) is 9.30. The van der Waals surface area contributed by atoms with Gasteiger partial charge in [0.25, 0.3) is 5.91 Å². The third-order valence-electron chi connectivity index (χ3n) is 3.55. The van der Waals surface area contributed by atoms with E-state index in [4.69, 9.17) is 4.74 Å². The van der Waals surface area contributed by atoms with E-state index in [0.717, 1.165) is 17.7 Å². The Morgan fingerprint density at radius 1 is 1.08 bits per heavy atom. The van der Waals surface area contributed by atoms with Gasteiger partial charge < -0.3 is 15.4 Å². The Bertz CT molecular complexity index is 562. The van der Waals surface area contributed by atoms with Crippen LogP contribution in [0, 0.1) is 6.92 Å². The van der Waals surface area contributed by atoms with Crippen molar-refractivity contribution in [3.05, 3.63) is 29.3 Å². The van der Waals surface area contributed by atoms with Gasteiger partial charge in [0, 0.05) is 19.5 Å². The molecular formula is C19H30N2O3. The van der Waals surface area contributed by atoms with Crippen LogP contribution in [0.5, 0.6) is 5.75 Å². The molecule has 0 aliphatic rings. The van der Waals surface area contributed by atoms with Crippen LogP contribution in [0.25, 0.3) is 0 Å². The molecule has 0 bridgehead atoms. The summed E-state index contributed by atoms with van der Waals surface area (Å²) in [7, 11) is 0. The van der Waals surface area contributed by atoms with Crippen LogP contribution in [0.4, 0.5) is 0 Å². The zero-order chi connectivity index (χ0) is 18.2. The van der Waals surface area contributed by atoms with Crippen LogP contribution < -0.4 is 15.4 Å². The molecule has 2 amide bonds. The first-order valence-corrected chi connectivity index (χ1v) is 8.51. The maximum Gasteiger partial charge on any atom is 0.258 e. The monoisotopic (exact) mass is 334 g/mol. The first-order valence-electron chi connectivity index (χ1n) is 8.51. The lowest BCUT2D eigenvalue weighted by molar-refractivity contribution is -0.124. The predicted octanol–water partition coefficient (Wildman–Crippen LogP) is 2.70. The predicted molar refractivity (Wildman–Crippen MR) is 96.3 cm³/mol. The van der Waals surface area contributed by atoms with Gasteiger partial charge in [0.1, 0.15) is 5.75 Å². The maximum atomic E-state index is 11.9. The molecule has 0 aliphatic carbocycles. The van der Waals surface area contributed by atoms with Crippen LogP contribution >= 0.6 is 0 Å². The average molecular weight is 334 g/mol. The molecule has 0 heterocycles. The van der Waals surface area contributed by atoms with E-state index in [2.05, 4.69) is 37.5 Å². The summed E-state index contributed by atoms with van der Waals surface area (Å²) in [5.74, 6) is 0.553. The van der Waals surface area contributed by atoms with Crippen molar-refractivity contribution in [3.63, 3.8) is 0 Å². The molecule has 0 saturated carbocycles. The van der Waals surface area contributed by atoms with Crippen LogP contribution in [0.1, 0.15) is 51.7 Å². The number of amides is 2. The highest BCUT2D eigenvalue weighted by Gasteiger charge is 2.19. The molecule has 0 fully saturated rings. The zero-order valence-electron chi connectivity index (χ0n) is 15.5. The van der Waals surface area contributed by atoms with Gasteiger partial charge in [-0.2, -0.15) is 0 Å². The zero-order valence-corrected chi connectivity index (χ0v) is 15.5. The number of nitrogens with one attached hydrogen (secondary N) is 2. The number of benzene rings is 1. The fourth-order valence-corrected chi connectivity index (χ4v) is 2.27. The molecule has 0 aromatic heterocycles. The van der Waals surface area contributed by atoms with Crippen molar-refractivity contribution in [2.45, 2.75) is 52.9 Å². The van der Waals surface area contributed by atoms with Gasteiger partial charge >= 0.3 is 0 Å². The third-order valence-corrected chi connectivity index (χ3v) is 3.55. The SMILES string of the molecule is CCCC(=O)NCCNC(=O)COc1ccc(C)cc1C(C)(C)C. The van der Waals surface area contributed by atoms with Crippen molar-refractivity contribution in [2.75, 3.05) is 19.7 Å².